The first kappa shape index (κ1) is 14.8. The van der Waals surface area contributed by atoms with Gasteiger partial charge in [-0.25, -0.2) is 0 Å². The molecule has 0 aliphatic rings. The number of hydrogen-bond donors (Lipinski definition) is 1. The van der Waals surface area contributed by atoms with E-state index >= 15 is 0 Å². The van der Waals surface area contributed by atoms with Crippen molar-refractivity contribution < 1.29 is 23.9 Å². The lowest BCUT2D eigenvalue weighted by atomic mass is 10.3. The van der Waals surface area contributed by atoms with Crippen molar-refractivity contribution in [3.63, 3.8) is 0 Å². The summed E-state index contributed by atoms with van der Waals surface area (Å²) >= 11 is 0. The fourth-order valence-corrected chi connectivity index (χ4v) is 0.427. The molecule has 0 spiro atoms. The van der Waals surface area contributed by atoms with Gasteiger partial charge in [-0.1, -0.05) is 0 Å². The summed E-state index contributed by atoms with van der Waals surface area (Å²) in [4.78, 5) is 29.1. The predicted molar refractivity (Wildman–Crippen MR) is 45.7 cm³/mol. The fraction of sp³-hybridized carbons (Fsp3) is 0.571. The second-order valence-corrected chi connectivity index (χ2v) is 2.02. The van der Waals surface area contributed by atoms with Crippen LogP contribution in [0.2, 0.25) is 0 Å². The highest BCUT2D eigenvalue weighted by atomic mass is 16.5. The number of hydrogen-bond acceptors (Lipinski definition) is 6. The maximum atomic E-state index is 10.6. The third-order valence-corrected chi connectivity index (χ3v) is 0.970. The molecule has 7 heteroatoms. The van der Waals surface area contributed by atoms with E-state index in [-0.39, 0.29) is 6.61 Å². The van der Waals surface area contributed by atoms with Gasteiger partial charge in [0.05, 0.1) is 7.11 Å². The quantitative estimate of drug-likeness (QED) is 0.355. The highest BCUT2D eigenvalue weighted by Gasteiger charge is 2.14. The second kappa shape index (κ2) is 9.37. The van der Waals surface area contributed by atoms with E-state index in [1.807, 2.05) is 0 Å². The fourth-order valence-electron chi connectivity index (χ4n) is 0.427. The van der Waals surface area contributed by atoms with E-state index in [2.05, 4.69) is 9.47 Å². The van der Waals surface area contributed by atoms with E-state index in [4.69, 9.17) is 15.9 Å². The summed E-state index contributed by atoms with van der Waals surface area (Å²) in [6.07, 6.45) is 0.500. The Labute approximate surface area is 80.7 Å². The van der Waals surface area contributed by atoms with Gasteiger partial charge in [0, 0.05) is 6.92 Å². The summed E-state index contributed by atoms with van der Waals surface area (Å²) in [5.41, 5.74) is 5.22. The molecule has 0 saturated heterocycles. The van der Waals surface area contributed by atoms with Crippen LogP contribution >= 0.6 is 0 Å². The third-order valence-electron chi connectivity index (χ3n) is 0.970. The Morgan fingerprint density at radius 2 is 2.00 bits per heavy atom. The Morgan fingerprint density at radius 1 is 1.57 bits per heavy atom. The average Bonchev–Trinajstić information content (AvgIpc) is 2.14. The van der Waals surface area contributed by atoms with Crippen LogP contribution in [0.4, 0.5) is 0 Å². The van der Waals surface area contributed by atoms with Crippen molar-refractivity contribution in [2.24, 2.45) is 5.73 Å². The lowest BCUT2D eigenvalue weighted by Crippen LogP contribution is -2.36. The first-order valence-electron chi connectivity index (χ1n) is 3.47. The molecule has 0 bridgehead atoms. The molecular formula is C7H11N2O5-. The van der Waals surface area contributed by atoms with Crippen LogP contribution in [0.5, 0.6) is 0 Å². The molecule has 0 aliphatic carbocycles. The minimum Gasteiger partial charge on any atom is -0.724 e. The standard InChI is InChI=1S/C6H11NO4.CNO/c1-4(8)11-3-5(7)6(9)10-2;2-1-3/h5H,3,7H2,1-2H3;/q;-1/t5-;/m0./s1. The first-order chi connectivity index (χ1) is 6.49. The van der Waals surface area contributed by atoms with E-state index < -0.39 is 18.0 Å². The van der Waals surface area contributed by atoms with Crippen molar-refractivity contribution in [3.8, 4) is 0 Å². The maximum Gasteiger partial charge on any atom is 0.326 e. The molecule has 0 unspecified atom stereocenters. The van der Waals surface area contributed by atoms with E-state index in [1.165, 1.54) is 14.0 Å². The first-order valence-corrected chi connectivity index (χ1v) is 3.47. The van der Waals surface area contributed by atoms with Crippen LogP contribution in [-0.4, -0.2) is 37.8 Å². The lowest BCUT2D eigenvalue weighted by Gasteiger charge is -2.07. The molecular weight excluding hydrogens is 192 g/mol. The van der Waals surface area contributed by atoms with Crippen LogP contribution in [0.1, 0.15) is 6.92 Å². The number of nitrogens with two attached hydrogens (primary N) is 1. The molecule has 0 aromatic rings. The van der Waals surface area contributed by atoms with Crippen LogP contribution in [0.15, 0.2) is 0 Å². The molecule has 1 atom stereocenters. The molecule has 0 aliphatic heterocycles. The van der Waals surface area contributed by atoms with Crippen molar-refractivity contribution in [1.29, 1.82) is 0 Å². The molecule has 0 fully saturated rings. The van der Waals surface area contributed by atoms with Gasteiger partial charge in [-0.3, -0.25) is 14.4 Å². The van der Waals surface area contributed by atoms with Crippen molar-refractivity contribution in [2.45, 2.75) is 13.0 Å². The van der Waals surface area contributed by atoms with E-state index in [9.17, 15) is 9.59 Å². The van der Waals surface area contributed by atoms with Crippen LogP contribution in [0.25, 0.3) is 5.41 Å². The summed E-state index contributed by atoms with van der Waals surface area (Å²) in [6, 6.07) is -0.885. The van der Waals surface area contributed by atoms with Crippen LogP contribution in [0, 0.1) is 0 Å². The van der Waals surface area contributed by atoms with Gasteiger partial charge < -0.3 is 20.6 Å². The molecule has 0 aromatic heterocycles. The maximum absolute atomic E-state index is 10.6. The Morgan fingerprint density at radius 3 is 2.29 bits per heavy atom. The van der Waals surface area contributed by atoms with Crippen LogP contribution < -0.4 is 5.73 Å². The molecule has 2 N–H and O–H groups in total. The van der Waals surface area contributed by atoms with E-state index in [0.29, 0.717) is 6.08 Å². The Bertz CT molecular complexity index is 222. The van der Waals surface area contributed by atoms with Crippen molar-refractivity contribution >= 4 is 18.0 Å². The van der Waals surface area contributed by atoms with Gasteiger partial charge in [0.25, 0.3) is 0 Å². The zero-order valence-corrected chi connectivity index (χ0v) is 7.85. The van der Waals surface area contributed by atoms with Crippen molar-refractivity contribution in [2.75, 3.05) is 13.7 Å². The highest BCUT2D eigenvalue weighted by Crippen LogP contribution is 1.85. The molecule has 80 valence electrons. The summed E-state index contributed by atoms with van der Waals surface area (Å²) in [7, 11) is 1.22. The zero-order chi connectivity index (χ0) is 11.6. The number of nitrogens with zero attached hydrogens (tertiary/aromatic N) is 1. The number of isocyanates is 1. The van der Waals surface area contributed by atoms with Crippen molar-refractivity contribution in [1.82, 2.24) is 0 Å². The number of rotatable bonds is 3. The number of methoxy groups -OCH3 is 1. The normalized spacial score (nSPS) is 9.93. The minimum atomic E-state index is -0.885. The van der Waals surface area contributed by atoms with Gasteiger partial charge in [-0.05, 0) is 6.08 Å². The smallest absolute Gasteiger partial charge is 0.326 e. The van der Waals surface area contributed by atoms with Crippen LogP contribution in [-0.2, 0) is 23.9 Å². The van der Waals surface area contributed by atoms with Gasteiger partial charge in [0.1, 0.15) is 12.6 Å². The summed E-state index contributed by atoms with van der Waals surface area (Å²) in [5, 5.41) is 6.76. The largest absolute Gasteiger partial charge is 0.724 e. The zero-order valence-electron chi connectivity index (χ0n) is 7.85. The molecule has 0 heterocycles. The second-order valence-electron chi connectivity index (χ2n) is 2.02. The summed E-state index contributed by atoms with van der Waals surface area (Å²) in [6.45, 7) is 1.10. The number of esters is 2. The Balaban J connectivity index is 0. The Hall–Kier alpha value is -1.72. The SMILES string of the molecule is COC(=O)[C@@H](N)COC(C)=O.[N-]=C=O. The number of carbonyl (C=O) groups excluding carboxylic acids is 3. The molecule has 0 radical (unpaired) electrons. The molecule has 0 rings (SSSR count). The molecule has 0 saturated carbocycles. The lowest BCUT2D eigenvalue weighted by molar-refractivity contribution is -0.148. The summed E-state index contributed by atoms with van der Waals surface area (Å²) < 4.78 is 8.75. The topological polar surface area (TPSA) is 118 Å². The monoisotopic (exact) mass is 203 g/mol. The molecule has 0 amide bonds. The van der Waals surface area contributed by atoms with Gasteiger partial charge >= 0.3 is 11.9 Å². The van der Waals surface area contributed by atoms with E-state index in [0.717, 1.165) is 0 Å². The minimum absolute atomic E-state index is 0.137. The molecule has 14 heavy (non-hydrogen) atoms. The van der Waals surface area contributed by atoms with Gasteiger partial charge in [0.15, 0.2) is 0 Å². The Kier molecular flexibility index (Phi) is 9.89. The third kappa shape index (κ3) is 10.3. The molecule has 7 nitrogen and oxygen atoms in total. The van der Waals surface area contributed by atoms with Gasteiger partial charge in [0.2, 0.25) is 0 Å². The number of carbonyl (C=O) groups is 2. The van der Waals surface area contributed by atoms with Gasteiger partial charge in [-0.2, -0.15) is 0 Å². The summed E-state index contributed by atoms with van der Waals surface area (Å²) in [5.74, 6) is -1.06. The molecule has 0 aromatic carbocycles. The van der Waals surface area contributed by atoms with Crippen LogP contribution in [0.3, 0.4) is 0 Å². The highest BCUT2D eigenvalue weighted by molar-refractivity contribution is 5.76. The number of ether oxygens (including phenoxy) is 2. The van der Waals surface area contributed by atoms with Crippen molar-refractivity contribution in [3.05, 3.63) is 5.41 Å². The predicted octanol–water partition coefficient (Wildman–Crippen LogP) is -1.06. The van der Waals surface area contributed by atoms with E-state index in [1.54, 1.807) is 0 Å². The van der Waals surface area contributed by atoms with Gasteiger partial charge in [-0.15, -0.1) is 0 Å². The average molecular weight is 203 g/mol.